The summed E-state index contributed by atoms with van der Waals surface area (Å²) >= 11 is 0. The second-order valence-electron chi connectivity index (χ2n) is 3.57. The lowest BCUT2D eigenvalue weighted by Crippen LogP contribution is -1.89. The zero-order chi connectivity index (χ0) is 11.4. The smallest absolute Gasteiger partial charge is 0.169 e. The van der Waals surface area contributed by atoms with E-state index < -0.39 is 0 Å². The molecule has 0 spiro atoms. The van der Waals surface area contributed by atoms with Gasteiger partial charge in [-0.2, -0.15) is 0 Å². The molecular formula is C14H14O2. The van der Waals surface area contributed by atoms with Gasteiger partial charge >= 0.3 is 0 Å². The Morgan fingerprint density at radius 1 is 0.875 bits per heavy atom. The first kappa shape index (κ1) is 10.6. The third-order valence-corrected chi connectivity index (χ3v) is 2.29. The van der Waals surface area contributed by atoms with E-state index in [1.54, 1.807) is 7.11 Å². The van der Waals surface area contributed by atoms with E-state index in [1.807, 2.05) is 55.5 Å². The molecule has 2 aromatic carbocycles. The fourth-order valence-electron chi connectivity index (χ4n) is 1.51. The molecule has 0 bridgehead atoms. The molecule has 0 saturated carbocycles. The molecule has 2 aromatic rings. The maximum Gasteiger partial charge on any atom is 0.169 e. The molecule has 0 radical (unpaired) electrons. The minimum atomic E-state index is 0.732. The van der Waals surface area contributed by atoms with Crippen LogP contribution in [0.3, 0.4) is 0 Å². The Morgan fingerprint density at radius 2 is 1.62 bits per heavy atom. The van der Waals surface area contributed by atoms with E-state index in [0.29, 0.717) is 0 Å². The van der Waals surface area contributed by atoms with E-state index >= 15 is 0 Å². The number of ether oxygens (including phenoxy) is 2. The summed E-state index contributed by atoms with van der Waals surface area (Å²) in [5.41, 5.74) is 1.17. The van der Waals surface area contributed by atoms with Gasteiger partial charge in [0.15, 0.2) is 11.5 Å². The fourth-order valence-corrected chi connectivity index (χ4v) is 1.51. The van der Waals surface area contributed by atoms with E-state index in [4.69, 9.17) is 9.47 Å². The molecule has 0 amide bonds. The van der Waals surface area contributed by atoms with Crippen molar-refractivity contribution < 1.29 is 9.47 Å². The van der Waals surface area contributed by atoms with E-state index in [0.717, 1.165) is 17.2 Å². The minimum Gasteiger partial charge on any atom is -0.493 e. The van der Waals surface area contributed by atoms with Gasteiger partial charge in [-0.1, -0.05) is 24.3 Å². The van der Waals surface area contributed by atoms with E-state index in [1.165, 1.54) is 5.56 Å². The molecule has 0 aliphatic carbocycles. The average Bonchev–Trinajstić information content (AvgIpc) is 2.30. The Morgan fingerprint density at radius 3 is 2.31 bits per heavy atom. The van der Waals surface area contributed by atoms with Crippen molar-refractivity contribution >= 4 is 0 Å². The average molecular weight is 214 g/mol. The van der Waals surface area contributed by atoms with Crippen LogP contribution in [0.15, 0.2) is 48.5 Å². The molecule has 0 heterocycles. The fraction of sp³-hybridized carbons (Fsp3) is 0.143. The normalized spacial score (nSPS) is 9.88. The van der Waals surface area contributed by atoms with Crippen LogP contribution in [0.5, 0.6) is 17.2 Å². The molecule has 0 unspecified atom stereocenters. The maximum absolute atomic E-state index is 5.76. The highest BCUT2D eigenvalue weighted by Crippen LogP contribution is 2.30. The molecular weight excluding hydrogens is 200 g/mol. The van der Waals surface area contributed by atoms with Crippen LogP contribution in [0.4, 0.5) is 0 Å². The van der Waals surface area contributed by atoms with Crippen LogP contribution >= 0.6 is 0 Å². The van der Waals surface area contributed by atoms with Crippen molar-refractivity contribution in [2.45, 2.75) is 6.92 Å². The zero-order valence-electron chi connectivity index (χ0n) is 9.44. The summed E-state index contributed by atoms with van der Waals surface area (Å²) in [5, 5.41) is 0. The van der Waals surface area contributed by atoms with Crippen molar-refractivity contribution in [2.24, 2.45) is 0 Å². The number of aryl methyl sites for hydroxylation is 1. The maximum atomic E-state index is 5.76. The third-order valence-electron chi connectivity index (χ3n) is 2.29. The standard InChI is InChI=1S/C14H14O2/c1-11-6-5-7-12(10-11)16-14-9-4-3-8-13(14)15-2/h3-10H,1-2H3. The molecule has 0 fully saturated rings. The molecule has 16 heavy (non-hydrogen) atoms. The first-order valence-corrected chi connectivity index (χ1v) is 5.17. The molecule has 0 saturated heterocycles. The van der Waals surface area contributed by atoms with Crippen LogP contribution in [0.2, 0.25) is 0 Å². The lowest BCUT2D eigenvalue weighted by Gasteiger charge is -2.10. The van der Waals surface area contributed by atoms with Crippen LogP contribution < -0.4 is 9.47 Å². The van der Waals surface area contributed by atoms with Crippen LogP contribution in [0.25, 0.3) is 0 Å². The zero-order valence-corrected chi connectivity index (χ0v) is 9.44. The topological polar surface area (TPSA) is 18.5 Å². The summed E-state index contributed by atoms with van der Waals surface area (Å²) in [7, 11) is 1.64. The van der Waals surface area contributed by atoms with Crippen LogP contribution in [-0.4, -0.2) is 7.11 Å². The lowest BCUT2D eigenvalue weighted by atomic mass is 10.2. The largest absolute Gasteiger partial charge is 0.493 e. The van der Waals surface area contributed by atoms with E-state index in [2.05, 4.69) is 0 Å². The van der Waals surface area contributed by atoms with Gasteiger partial charge in [0, 0.05) is 0 Å². The predicted molar refractivity (Wildman–Crippen MR) is 64.2 cm³/mol. The lowest BCUT2D eigenvalue weighted by molar-refractivity contribution is 0.379. The van der Waals surface area contributed by atoms with Gasteiger partial charge in [0.25, 0.3) is 0 Å². The molecule has 2 rings (SSSR count). The van der Waals surface area contributed by atoms with Crippen molar-refractivity contribution in [3.63, 3.8) is 0 Å². The van der Waals surface area contributed by atoms with Crippen LogP contribution in [0, 0.1) is 6.92 Å². The van der Waals surface area contributed by atoms with Gasteiger partial charge in [0.05, 0.1) is 7.11 Å². The number of benzene rings is 2. The molecule has 0 aromatic heterocycles. The Kier molecular flexibility index (Phi) is 3.10. The summed E-state index contributed by atoms with van der Waals surface area (Å²) in [5.74, 6) is 2.30. The highest BCUT2D eigenvalue weighted by Gasteiger charge is 2.03. The van der Waals surface area contributed by atoms with E-state index in [9.17, 15) is 0 Å². The second-order valence-corrected chi connectivity index (χ2v) is 3.57. The first-order chi connectivity index (χ1) is 7.79. The molecule has 0 atom stereocenters. The quantitative estimate of drug-likeness (QED) is 0.773. The van der Waals surface area contributed by atoms with E-state index in [-0.39, 0.29) is 0 Å². The molecule has 2 heteroatoms. The van der Waals surface area contributed by atoms with Crippen molar-refractivity contribution in [3.05, 3.63) is 54.1 Å². The van der Waals surface area contributed by atoms with Crippen molar-refractivity contribution in [3.8, 4) is 17.2 Å². The molecule has 2 nitrogen and oxygen atoms in total. The monoisotopic (exact) mass is 214 g/mol. The number of rotatable bonds is 3. The van der Waals surface area contributed by atoms with Gasteiger partial charge in [0.2, 0.25) is 0 Å². The summed E-state index contributed by atoms with van der Waals surface area (Å²) < 4.78 is 11.0. The van der Waals surface area contributed by atoms with Gasteiger partial charge in [-0.3, -0.25) is 0 Å². The Balaban J connectivity index is 2.26. The number of methoxy groups -OCH3 is 1. The Bertz CT molecular complexity index is 478. The van der Waals surface area contributed by atoms with Crippen LogP contribution in [-0.2, 0) is 0 Å². The number of hydrogen-bond donors (Lipinski definition) is 0. The Hall–Kier alpha value is -1.96. The van der Waals surface area contributed by atoms with Gasteiger partial charge in [0.1, 0.15) is 5.75 Å². The number of hydrogen-bond acceptors (Lipinski definition) is 2. The SMILES string of the molecule is COc1ccccc1Oc1cccc(C)c1. The summed E-state index contributed by atoms with van der Waals surface area (Å²) in [4.78, 5) is 0. The molecule has 82 valence electrons. The van der Waals surface area contributed by atoms with Gasteiger partial charge in [-0.15, -0.1) is 0 Å². The predicted octanol–water partition coefficient (Wildman–Crippen LogP) is 3.80. The van der Waals surface area contributed by atoms with Crippen molar-refractivity contribution in [1.29, 1.82) is 0 Å². The summed E-state index contributed by atoms with van der Waals surface area (Å²) in [6, 6.07) is 15.5. The highest BCUT2D eigenvalue weighted by atomic mass is 16.5. The number of para-hydroxylation sites is 2. The summed E-state index contributed by atoms with van der Waals surface area (Å²) in [6.07, 6.45) is 0. The van der Waals surface area contributed by atoms with Crippen molar-refractivity contribution in [2.75, 3.05) is 7.11 Å². The second kappa shape index (κ2) is 4.71. The van der Waals surface area contributed by atoms with Gasteiger partial charge < -0.3 is 9.47 Å². The molecule has 0 N–H and O–H groups in total. The summed E-state index contributed by atoms with van der Waals surface area (Å²) in [6.45, 7) is 2.04. The van der Waals surface area contributed by atoms with Crippen LogP contribution in [0.1, 0.15) is 5.56 Å². The van der Waals surface area contributed by atoms with Gasteiger partial charge in [-0.25, -0.2) is 0 Å². The minimum absolute atomic E-state index is 0.732. The van der Waals surface area contributed by atoms with Gasteiger partial charge in [-0.05, 0) is 36.8 Å². The van der Waals surface area contributed by atoms with Crippen molar-refractivity contribution in [1.82, 2.24) is 0 Å². The Labute approximate surface area is 95.4 Å². The highest BCUT2D eigenvalue weighted by molar-refractivity contribution is 5.43. The third kappa shape index (κ3) is 2.34. The first-order valence-electron chi connectivity index (χ1n) is 5.17. The molecule has 0 aliphatic rings. The molecule has 0 aliphatic heterocycles.